The molecule has 19 heavy (non-hydrogen) atoms. The zero-order valence-corrected chi connectivity index (χ0v) is 13.4. The van der Waals surface area contributed by atoms with Gasteiger partial charge in [0.2, 0.25) is 0 Å². The standard InChI is InChI=1S/C13H27N3O.2ClH/c14-5-11-17-12-10-15-6-8-16(9-7-15)13-3-1-2-4-13;;/h13H,1-12,14H2;2*1H. The van der Waals surface area contributed by atoms with Crippen LogP contribution in [0.5, 0.6) is 0 Å². The first-order chi connectivity index (χ1) is 8.40. The van der Waals surface area contributed by atoms with Gasteiger partial charge in [0.05, 0.1) is 13.2 Å². The molecule has 0 aromatic heterocycles. The number of hydrogen-bond acceptors (Lipinski definition) is 4. The van der Waals surface area contributed by atoms with Crippen molar-refractivity contribution >= 4 is 24.8 Å². The molecule has 0 aromatic rings. The summed E-state index contributed by atoms with van der Waals surface area (Å²) in [5.41, 5.74) is 5.39. The van der Waals surface area contributed by atoms with E-state index in [-0.39, 0.29) is 24.8 Å². The fourth-order valence-corrected chi connectivity index (χ4v) is 3.00. The van der Waals surface area contributed by atoms with Gasteiger partial charge in [-0.25, -0.2) is 0 Å². The van der Waals surface area contributed by atoms with Crippen LogP contribution in [0.2, 0.25) is 0 Å². The largest absolute Gasteiger partial charge is 0.379 e. The monoisotopic (exact) mass is 313 g/mol. The molecule has 2 rings (SSSR count). The molecule has 1 heterocycles. The van der Waals surface area contributed by atoms with Crippen molar-refractivity contribution < 1.29 is 4.74 Å². The molecule has 0 amide bonds. The van der Waals surface area contributed by atoms with E-state index in [9.17, 15) is 0 Å². The number of ether oxygens (including phenoxy) is 1. The fraction of sp³-hybridized carbons (Fsp3) is 1.00. The molecule has 2 N–H and O–H groups in total. The van der Waals surface area contributed by atoms with Crippen molar-refractivity contribution in [1.82, 2.24) is 9.80 Å². The van der Waals surface area contributed by atoms with Gasteiger partial charge in [-0.15, -0.1) is 24.8 Å². The molecule has 0 atom stereocenters. The van der Waals surface area contributed by atoms with E-state index in [0.717, 1.165) is 19.2 Å². The van der Waals surface area contributed by atoms with Crippen molar-refractivity contribution in [3.05, 3.63) is 0 Å². The molecule has 1 saturated heterocycles. The van der Waals surface area contributed by atoms with Gasteiger partial charge in [0.25, 0.3) is 0 Å². The third-order valence-corrected chi connectivity index (χ3v) is 4.06. The van der Waals surface area contributed by atoms with E-state index in [2.05, 4.69) is 9.80 Å². The highest BCUT2D eigenvalue weighted by atomic mass is 35.5. The predicted octanol–water partition coefficient (Wildman–Crippen LogP) is 1.37. The Balaban J connectivity index is 0.00000162. The Labute approximate surface area is 129 Å². The van der Waals surface area contributed by atoms with E-state index in [0.29, 0.717) is 13.2 Å². The minimum Gasteiger partial charge on any atom is -0.379 e. The zero-order chi connectivity index (χ0) is 11.9. The molecule has 0 bridgehead atoms. The first kappa shape index (κ1) is 19.4. The SMILES string of the molecule is Cl.Cl.NCCOCCN1CCN(C2CCCC2)CC1. The highest BCUT2D eigenvalue weighted by molar-refractivity contribution is 5.85. The second-order valence-corrected chi connectivity index (χ2v) is 5.22. The fourth-order valence-electron chi connectivity index (χ4n) is 3.00. The van der Waals surface area contributed by atoms with Gasteiger partial charge in [0.15, 0.2) is 0 Å². The third-order valence-electron chi connectivity index (χ3n) is 4.06. The molecule has 4 nitrogen and oxygen atoms in total. The average molecular weight is 314 g/mol. The molecule has 116 valence electrons. The van der Waals surface area contributed by atoms with Crippen LogP contribution in [0.3, 0.4) is 0 Å². The molecule has 0 aromatic carbocycles. The highest BCUT2D eigenvalue weighted by Gasteiger charge is 2.25. The second-order valence-electron chi connectivity index (χ2n) is 5.22. The van der Waals surface area contributed by atoms with Crippen LogP contribution in [0.4, 0.5) is 0 Å². The van der Waals surface area contributed by atoms with E-state index >= 15 is 0 Å². The van der Waals surface area contributed by atoms with E-state index in [1.165, 1.54) is 51.9 Å². The number of nitrogens with zero attached hydrogens (tertiary/aromatic N) is 2. The molecule has 0 radical (unpaired) electrons. The summed E-state index contributed by atoms with van der Waals surface area (Å²) in [5.74, 6) is 0. The van der Waals surface area contributed by atoms with Gasteiger partial charge in [0, 0.05) is 45.3 Å². The van der Waals surface area contributed by atoms with Gasteiger partial charge in [-0.05, 0) is 12.8 Å². The van der Waals surface area contributed by atoms with E-state index in [1.54, 1.807) is 0 Å². The molecule has 2 aliphatic rings. The van der Waals surface area contributed by atoms with Crippen molar-refractivity contribution in [1.29, 1.82) is 0 Å². The third kappa shape index (κ3) is 6.61. The molecule has 1 aliphatic carbocycles. The highest BCUT2D eigenvalue weighted by Crippen LogP contribution is 2.24. The summed E-state index contributed by atoms with van der Waals surface area (Å²) in [5, 5.41) is 0. The summed E-state index contributed by atoms with van der Waals surface area (Å²) >= 11 is 0. The first-order valence-electron chi connectivity index (χ1n) is 7.14. The Hall–Kier alpha value is 0.420. The summed E-state index contributed by atoms with van der Waals surface area (Å²) in [4.78, 5) is 5.21. The minimum atomic E-state index is 0. The number of hydrogen-bond donors (Lipinski definition) is 1. The summed E-state index contributed by atoms with van der Waals surface area (Å²) in [7, 11) is 0. The summed E-state index contributed by atoms with van der Waals surface area (Å²) < 4.78 is 5.43. The van der Waals surface area contributed by atoms with Crippen LogP contribution >= 0.6 is 24.8 Å². The number of halogens is 2. The lowest BCUT2D eigenvalue weighted by Crippen LogP contribution is -2.50. The molecule has 2 fully saturated rings. The lowest BCUT2D eigenvalue weighted by molar-refractivity contribution is 0.0640. The topological polar surface area (TPSA) is 41.7 Å². The minimum absolute atomic E-state index is 0. The predicted molar refractivity (Wildman–Crippen MR) is 84.6 cm³/mol. The van der Waals surface area contributed by atoms with E-state index in [4.69, 9.17) is 10.5 Å². The van der Waals surface area contributed by atoms with Gasteiger partial charge in [-0.2, -0.15) is 0 Å². The number of piperazine rings is 1. The van der Waals surface area contributed by atoms with Gasteiger partial charge in [-0.1, -0.05) is 12.8 Å². The van der Waals surface area contributed by atoms with E-state index < -0.39 is 0 Å². The van der Waals surface area contributed by atoms with Crippen LogP contribution < -0.4 is 5.73 Å². The zero-order valence-electron chi connectivity index (χ0n) is 11.8. The molecule has 0 unspecified atom stereocenters. The van der Waals surface area contributed by atoms with Gasteiger partial charge in [-0.3, -0.25) is 9.80 Å². The molecule has 0 spiro atoms. The summed E-state index contributed by atoms with van der Waals surface area (Å²) in [6.45, 7) is 8.16. The van der Waals surface area contributed by atoms with Crippen molar-refractivity contribution in [3.8, 4) is 0 Å². The van der Waals surface area contributed by atoms with Crippen LogP contribution in [-0.2, 0) is 4.74 Å². The van der Waals surface area contributed by atoms with Crippen LogP contribution in [0.1, 0.15) is 25.7 Å². The number of nitrogens with two attached hydrogens (primary N) is 1. The van der Waals surface area contributed by atoms with Crippen molar-refractivity contribution in [3.63, 3.8) is 0 Å². The van der Waals surface area contributed by atoms with Gasteiger partial charge in [0.1, 0.15) is 0 Å². The van der Waals surface area contributed by atoms with Crippen molar-refractivity contribution in [2.75, 3.05) is 52.5 Å². The van der Waals surface area contributed by atoms with Crippen molar-refractivity contribution in [2.45, 2.75) is 31.7 Å². The Bertz CT molecular complexity index is 208. The Kier molecular flexibility index (Phi) is 11.4. The second kappa shape index (κ2) is 11.1. The first-order valence-corrected chi connectivity index (χ1v) is 7.14. The summed E-state index contributed by atoms with van der Waals surface area (Å²) in [6, 6.07) is 0.894. The van der Waals surface area contributed by atoms with Crippen molar-refractivity contribution in [2.24, 2.45) is 5.73 Å². The van der Waals surface area contributed by atoms with Crippen LogP contribution in [0.25, 0.3) is 0 Å². The van der Waals surface area contributed by atoms with Crippen LogP contribution in [-0.4, -0.2) is 68.3 Å². The van der Waals surface area contributed by atoms with Gasteiger partial charge >= 0.3 is 0 Å². The molecular formula is C13H29Cl2N3O. The quantitative estimate of drug-likeness (QED) is 0.752. The normalized spacial score (nSPS) is 21.9. The maximum absolute atomic E-state index is 5.43. The molecule has 6 heteroatoms. The maximum atomic E-state index is 5.43. The summed E-state index contributed by atoms with van der Waals surface area (Å²) in [6.07, 6.45) is 5.74. The maximum Gasteiger partial charge on any atom is 0.0594 e. The Morgan fingerprint density at radius 3 is 2.16 bits per heavy atom. The molecule has 1 aliphatic heterocycles. The van der Waals surface area contributed by atoms with Crippen LogP contribution in [0.15, 0.2) is 0 Å². The molecule has 1 saturated carbocycles. The molecular weight excluding hydrogens is 285 g/mol. The number of rotatable bonds is 6. The Morgan fingerprint density at radius 1 is 0.947 bits per heavy atom. The van der Waals surface area contributed by atoms with E-state index in [1.807, 2.05) is 0 Å². The lowest BCUT2D eigenvalue weighted by Gasteiger charge is -2.38. The Morgan fingerprint density at radius 2 is 1.58 bits per heavy atom. The average Bonchev–Trinajstić information content (AvgIpc) is 2.89. The smallest absolute Gasteiger partial charge is 0.0594 e. The van der Waals surface area contributed by atoms with Crippen LogP contribution in [0, 0.1) is 0 Å². The van der Waals surface area contributed by atoms with Gasteiger partial charge < -0.3 is 10.5 Å². The lowest BCUT2D eigenvalue weighted by atomic mass is 10.2.